The maximum absolute atomic E-state index is 12.2. The summed E-state index contributed by atoms with van der Waals surface area (Å²) in [5.74, 6) is 0.286. The number of nitrogens with zero attached hydrogens (tertiary/aromatic N) is 1. The first-order valence-corrected chi connectivity index (χ1v) is 18.9. The van der Waals surface area contributed by atoms with E-state index in [1.54, 1.807) is 22.7 Å². The Bertz CT molecular complexity index is 2050. The molecule has 1 radical (unpaired) electrons. The number of hydrogen-bond acceptors (Lipinski definition) is 6. The predicted molar refractivity (Wildman–Crippen MR) is 204 cm³/mol. The Balaban J connectivity index is 0.000000242. The maximum Gasteiger partial charge on any atom is 0.164 e. The summed E-state index contributed by atoms with van der Waals surface area (Å²) < 4.78 is 5.30. The molecule has 0 aliphatic rings. The van der Waals surface area contributed by atoms with E-state index in [9.17, 15) is 9.90 Å². The normalized spacial score (nSPS) is 12.8. The van der Waals surface area contributed by atoms with Gasteiger partial charge in [0.2, 0.25) is 0 Å². The summed E-state index contributed by atoms with van der Waals surface area (Å²) in [6.07, 6.45) is 6.70. The molecule has 7 heteroatoms. The molecule has 0 aliphatic carbocycles. The first-order valence-electron chi connectivity index (χ1n) is 16.4. The number of thiophene rings is 3. The van der Waals surface area contributed by atoms with Crippen LogP contribution >= 0.6 is 34.0 Å². The number of benzene rings is 2. The molecule has 251 valence electrons. The third-order valence-electron chi connectivity index (χ3n) is 10.1. The van der Waals surface area contributed by atoms with Gasteiger partial charge in [-0.1, -0.05) is 79.5 Å². The fourth-order valence-electron chi connectivity index (χ4n) is 5.77. The second-order valence-electron chi connectivity index (χ2n) is 13.9. The van der Waals surface area contributed by atoms with Crippen molar-refractivity contribution in [2.45, 2.75) is 93.4 Å². The van der Waals surface area contributed by atoms with Gasteiger partial charge in [0.1, 0.15) is 5.76 Å². The van der Waals surface area contributed by atoms with Gasteiger partial charge in [-0.15, -0.1) is 46.3 Å². The van der Waals surface area contributed by atoms with E-state index >= 15 is 0 Å². The number of pyridine rings is 1. The Labute approximate surface area is 305 Å². The average Bonchev–Trinajstić information content (AvgIpc) is 3.81. The largest absolute Gasteiger partial charge is 0.512 e. The van der Waals surface area contributed by atoms with Gasteiger partial charge >= 0.3 is 0 Å². The molecule has 6 aromatic rings. The third kappa shape index (κ3) is 7.16. The maximum atomic E-state index is 12.2. The Morgan fingerprint density at radius 1 is 0.809 bits per heavy atom. The smallest absolute Gasteiger partial charge is 0.164 e. The summed E-state index contributed by atoms with van der Waals surface area (Å²) in [6.45, 7) is 18.9. The predicted octanol–water partition coefficient (Wildman–Crippen LogP) is 13.3. The summed E-state index contributed by atoms with van der Waals surface area (Å²) in [6, 6.07) is 17.1. The number of carbonyl (C=O) groups excluding carboxylic acids is 1. The Morgan fingerprint density at radius 3 is 2.09 bits per heavy atom. The van der Waals surface area contributed by atoms with Gasteiger partial charge < -0.3 is 5.11 Å². The van der Waals surface area contributed by atoms with Crippen molar-refractivity contribution in [2.24, 2.45) is 10.8 Å². The summed E-state index contributed by atoms with van der Waals surface area (Å²) in [5.41, 5.74) is 2.99. The average molecular weight is 861 g/mol. The Kier molecular flexibility index (Phi) is 11.6. The van der Waals surface area contributed by atoms with Crippen molar-refractivity contribution in [1.29, 1.82) is 0 Å². The zero-order valence-corrected chi connectivity index (χ0v) is 33.8. The molecule has 4 aromatic heterocycles. The van der Waals surface area contributed by atoms with Crippen molar-refractivity contribution in [3.8, 4) is 11.3 Å². The van der Waals surface area contributed by atoms with Gasteiger partial charge in [-0.2, -0.15) is 11.3 Å². The van der Waals surface area contributed by atoms with E-state index in [4.69, 9.17) is 4.98 Å². The first kappa shape index (κ1) is 37.4. The Morgan fingerprint density at radius 2 is 1.45 bits per heavy atom. The number of hydrogen-bond donors (Lipinski definition) is 1. The molecule has 0 amide bonds. The molecule has 0 aliphatic heterocycles. The van der Waals surface area contributed by atoms with Crippen LogP contribution in [0.4, 0.5) is 0 Å². The molecule has 4 heterocycles. The molecular formula is C40H46IrNO2S3-. The van der Waals surface area contributed by atoms with Crippen LogP contribution in [0.1, 0.15) is 93.6 Å². The fraction of sp³-hybridized carbons (Fsp3) is 0.400. The molecule has 0 spiro atoms. The van der Waals surface area contributed by atoms with Crippen molar-refractivity contribution < 1.29 is 30.0 Å². The number of allylic oxidation sites excluding steroid dienone is 2. The number of carbonyl (C=O) groups is 1. The first-order chi connectivity index (χ1) is 21.8. The van der Waals surface area contributed by atoms with Crippen molar-refractivity contribution in [3.05, 3.63) is 76.8 Å². The van der Waals surface area contributed by atoms with Gasteiger partial charge in [0.15, 0.2) is 5.78 Å². The standard InChI is InChI=1S/C25H18NS3.C15H28O2.Ir/c1-25(2,3)19-13-15(12-14-7-10-28-22(14)19)21-24-17(6-9-26-21)16-4-5-20-18(8-11-27-20)23(16)29-24;1-7-14(5,8-2)12(16)11-13(17)15(6,9-3)10-4;/h4-11,13H,1-3H3;11,16H,7-10H2,1-6H3;/q-1;;/b;12-11-;. The van der Waals surface area contributed by atoms with E-state index < -0.39 is 0 Å². The minimum absolute atomic E-state index is 0. The summed E-state index contributed by atoms with van der Waals surface area (Å²) in [5, 5.41) is 19.6. The van der Waals surface area contributed by atoms with Gasteiger partial charge in [0, 0.05) is 73.8 Å². The molecular weight excluding hydrogens is 815 g/mol. The molecule has 0 saturated carbocycles. The SMILES string of the molecule is CC(C)(C)c1cc(-c2nccc3c2sc2c4ccsc4ccc32)[c-]c2ccsc12.CCC(C)(CC)C(=O)/C=C(\O)C(C)(CC)CC.[Ir]. The van der Waals surface area contributed by atoms with Crippen LogP contribution in [0.25, 0.3) is 51.6 Å². The molecule has 6 rings (SSSR count). The van der Waals surface area contributed by atoms with Crippen molar-refractivity contribution in [1.82, 2.24) is 4.98 Å². The van der Waals surface area contributed by atoms with E-state index in [2.05, 4.69) is 74.0 Å². The molecule has 0 fully saturated rings. The topological polar surface area (TPSA) is 50.2 Å². The van der Waals surface area contributed by atoms with Gasteiger partial charge in [-0.05, 0) is 70.1 Å². The second kappa shape index (κ2) is 14.6. The van der Waals surface area contributed by atoms with Crippen molar-refractivity contribution >= 4 is 80.1 Å². The number of fused-ring (bicyclic) bond motifs is 6. The van der Waals surface area contributed by atoms with Crippen molar-refractivity contribution in [3.63, 3.8) is 0 Å². The van der Waals surface area contributed by atoms with Crippen LogP contribution in [-0.2, 0) is 30.3 Å². The van der Waals surface area contributed by atoms with Gasteiger partial charge in [-0.3, -0.25) is 9.78 Å². The van der Waals surface area contributed by atoms with Gasteiger partial charge in [0.05, 0.1) is 0 Å². The van der Waals surface area contributed by atoms with E-state index in [-0.39, 0.29) is 47.9 Å². The molecule has 0 bridgehead atoms. The number of ketones is 1. The van der Waals surface area contributed by atoms with Crippen LogP contribution in [0.3, 0.4) is 0 Å². The van der Waals surface area contributed by atoms with E-state index in [0.717, 1.165) is 36.9 Å². The van der Waals surface area contributed by atoms with E-state index in [0.29, 0.717) is 0 Å². The summed E-state index contributed by atoms with van der Waals surface area (Å²) >= 11 is 5.48. The molecule has 2 aromatic carbocycles. The van der Waals surface area contributed by atoms with Crippen LogP contribution in [0.15, 0.2) is 65.2 Å². The zero-order valence-electron chi connectivity index (χ0n) is 29.0. The third-order valence-corrected chi connectivity index (χ3v) is 13.2. The fourth-order valence-corrected chi connectivity index (χ4v) is 9.04. The monoisotopic (exact) mass is 861 g/mol. The summed E-state index contributed by atoms with van der Waals surface area (Å²) in [7, 11) is 0. The Hall–Kier alpha value is -2.41. The molecule has 0 saturated heterocycles. The van der Waals surface area contributed by atoms with Gasteiger partial charge in [0.25, 0.3) is 0 Å². The van der Waals surface area contributed by atoms with Crippen LogP contribution in [0.5, 0.6) is 0 Å². The second-order valence-corrected chi connectivity index (χ2v) is 16.7. The number of aliphatic hydroxyl groups excluding tert-OH is 1. The van der Waals surface area contributed by atoms with E-state index in [1.165, 1.54) is 52.0 Å². The van der Waals surface area contributed by atoms with E-state index in [1.807, 2.05) is 59.1 Å². The number of rotatable bonds is 8. The molecule has 0 atom stereocenters. The minimum atomic E-state index is -0.337. The number of aromatic nitrogens is 1. The molecule has 3 nitrogen and oxygen atoms in total. The molecule has 0 unspecified atom stereocenters. The quantitative estimate of drug-likeness (QED) is 0.0942. The minimum Gasteiger partial charge on any atom is -0.512 e. The number of aliphatic hydroxyl groups is 1. The molecule has 1 N–H and O–H groups in total. The van der Waals surface area contributed by atoms with Crippen molar-refractivity contribution in [2.75, 3.05) is 0 Å². The van der Waals surface area contributed by atoms with Crippen LogP contribution in [-0.4, -0.2) is 15.9 Å². The zero-order chi connectivity index (χ0) is 33.4. The molecule has 47 heavy (non-hydrogen) atoms. The van der Waals surface area contributed by atoms with Crippen LogP contribution < -0.4 is 0 Å². The van der Waals surface area contributed by atoms with Crippen LogP contribution in [0, 0.1) is 16.9 Å². The summed E-state index contributed by atoms with van der Waals surface area (Å²) in [4.78, 5) is 17.0. The van der Waals surface area contributed by atoms with Gasteiger partial charge in [-0.25, -0.2) is 0 Å². The van der Waals surface area contributed by atoms with Crippen LogP contribution in [0.2, 0.25) is 0 Å².